The molecule has 4 rings (SSSR count). The Morgan fingerprint density at radius 3 is 2.73 bits per heavy atom. The maximum atomic E-state index is 13.1. The van der Waals surface area contributed by atoms with Crippen molar-refractivity contribution >= 4 is 46.2 Å². The second-order valence-corrected chi connectivity index (χ2v) is 9.51. The molecule has 33 heavy (non-hydrogen) atoms. The van der Waals surface area contributed by atoms with Crippen LogP contribution in [-0.4, -0.2) is 27.6 Å². The lowest BCUT2D eigenvalue weighted by Gasteiger charge is -2.17. The lowest BCUT2D eigenvalue weighted by Crippen LogP contribution is -2.24. The summed E-state index contributed by atoms with van der Waals surface area (Å²) in [5.41, 5.74) is 4.70. The topological polar surface area (TPSA) is 61.4 Å². The van der Waals surface area contributed by atoms with Gasteiger partial charge in [-0.1, -0.05) is 74.1 Å². The van der Waals surface area contributed by atoms with Gasteiger partial charge in [-0.3, -0.25) is 9.59 Å². The molecule has 170 valence electrons. The molecule has 1 heterocycles. The highest BCUT2D eigenvalue weighted by molar-refractivity contribution is 7.81. The summed E-state index contributed by atoms with van der Waals surface area (Å²) < 4.78 is 0. The third-order valence-electron chi connectivity index (χ3n) is 5.68. The molecule has 0 spiro atoms. The van der Waals surface area contributed by atoms with E-state index in [-0.39, 0.29) is 11.8 Å². The summed E-state index contributed by atoms with van der Waals surface area (Å²) in [4.78, 5) is 28.3. The average Bonchev–Trinajstić information content (AvgIpc) is 3.10. The highest BCUT2D eigenvalue weighted by atomic mass is 35.5. The van der Waals surface area contributed by atoms with Gasteiger partial charge in [0.05, 0.1) is 5.57 Å². The van der Waals surface area contributed by atoms with Gasteiger partial charge in [0.25, 0.3) is 11.8 Å². The van der Waals surface area contributed by atoms with E-state index in [1.54, 1.807) is 29.2 Å². The molecule has 0 aromatic heterocycles. The standard InChI is InChI=1S/C26H26ClN3O2S/c1-16(2)28-13-17-5-3-6-18(11-17)14-30-15-22-20(26(30)32)7-4-8-23(22)29-25(31)21-12-19(27)9-10-24(21)33/h3-9,11-12,16,28H,10,13-15H2,1-2H3,(H,29,31). The molecule has 0 unspecified atom stereocenters. The first kappa shape index (κ1) is 23.4. The third-order valence-corrected chi connectivity index (χ3v) is 6.33. The van der Waals surface area contributed by atoms with Gasteiger partial charge in [0, 0.05) is 58.8 Å². The molecule has 0 radical (unpaired) electrons. The number of nitrogens with one attached hydrogen (secondary N) is 2. The van der Waals surface area contributed by atoms with Gasteiger partial charge in [-0.15, -0.1) is 0 Å². The number of hydrogen-bond donors (Lipinski definition) is 2. The molecule has 2 amide bonds. The SMILES string of the molecule is CC(C)NCc1cccc(CN2Cc3c(NC(=O)C4=CC(Cl)=CCC4=S)cccc3C2=O)c1. The fourth-order valence-corrected chi connectivity index (χ4v) is 4.40. The molecule has 0 fully saturated rings. The number of rotatable bonds is 7. The predicted molar refractivity (Wildman–Crippen MR) is 136 cm³/mol. The largest absolute Gasteiger partial charge is 0.330 e. The van der Waals surface area contributed by atoms with Gasteiger partial charge < -0.3 is 15.5 Å². The molecule has 7 heteroatoms. The van der Waals surface area contributed by atoms with Gasteiger partial charge in [-0.2, -0.15) is 0 Å². The van der Waals surface area contributed by atoms with Gasteiger partial charge in [0.15, 0.2) is 0 Å². The number of benzene rings is 2. The number of hydrogen-bond acceptors (Lipinski definition) is 4. The maximum Gasteiger partial charge on any atom is 0.256 e. The van der Waals surface area contributed by atoms with E-state index in [0.717, 1.165) is 17.7 Å². The van der Waals surface area contributed by atoms with E-state index in [1.165, 1.54) is 5.56 Å². The molecule has 2 aromatic rings. The summed E-state index contributed by atoms with van der Waals surface area (Å²) in [7, 11) is 0. The van der Waals surface area contributed by atoms with E-state index in [0.29, 0.717) is 52.3 Å². The molecule has 2 N–H and O–H groups in total. The van der Waals surface area contributed by atoms with E-state index in [1.807, 2.05) is 18.2 Å². The average molecular weight is 480 g/mol. The maximum absolute atomic E-state index is 13.1. The molecule has 2 aromatic carbocycles. The Hall–Kier alpha value is -2.80. The fourth-order valence-electron chi connectivity index (χ4n) is 3.97. The first-order valence-electron chi connectivity index (χ1n) is 11.0. The number of halogens is 1. The van der Waals surface area contributed by atoms with Crippen LogP contribution in [0.1, 0.15) is 47.3 Å². The second-order valence-electron chi connectivity index (χ2n) is 8.58. The first-order chi connectivity index (χ1) is 15.8. The second kappa shape index (κ2) is 10.00. The van der Waals surface area contributed by atoms with Crippen LogP contribution in [0, 0.1) is 0 Å². The summed E-state index contributed by atoms with van der Waals surface area (Å²) in [6, 6.07) is 14.1. The van der Waals surface area contributed by atoms with Crippen molar-refractivity contribution in [3.8, 4) is 0 Å². The molecule has 0 saturated heterocycles. The minimum Gasteiger partial charge on any atom is -0.330 e. The molecule has 2 aliphatic rings. The minimum absolute atomic E-state index is 0.0369. The molecular formula is C26H26ClN3O2S. The zero-order valence-corrected chi connectivity index (χ0v) is 20.2. The van der Waals surface area contributed by atoms with Gasteiger partial charge in [0.1, 0.15) is 0 Å². The van der Waals surface area contributed by atoms with Crippen LogP contribution in [0.3, 0.4) is 0 Å². The van der Waals surface area contributed by atoms with E-state index in [9.17, 15) is 9.59 Å². The smallest absolute Gasteiger partial charge is 0.256 e. The van der Waals surface area contributed by atoms with Crippen LogP contribution in [0.15, 0.2) is 65.2 Å². The van der Waals surface area contributed by atoms with Crippen molar-refractivity contribution in [3.05, 3.63) is 87.5 Å². The monoisotopic (exact) mass is 479 g/mol. The molecule has 1 aliphatic heterocycles. The number of nitrogens with zero attached hydrogens (tertiary/aromatic N) is 1. The molecule has 5 nitrogen and oxygen atoms in total. The summed E-state index contributed by atoms with van der Waals surface area (Å²) in [5, 5.41) is 6.85. The number of thiocarbonyl (C=S) groups is 1. The Morgan fingerprint density at radius 1 is 1.18 bits per heavy atom. The Labute approximate surface area is 204 Å². The Kier molecular flexibility index (Phi) is 7.08. The fraction of sp³-hybridized carbons (Fsp3) is 0.269. The molecule has 0 saturated carbocycles. The number of carbonyl (C=O) groups excluding carboxylic acids is 2. The quantitative estimate of drug-likeness (QED) is 0.542. The highest BCUT2D eigenvalue weighted by Crippen LogP contribution is 2.31. The highest BCUT2D eigenvalue weighted by Gasteiger charge is 2.30. The van der Waals surface area contributed by atoms with Crippen molar-refractivity contribution < 1.29 is 9.59 Å². The number of fused-ring (bicyclic) bond motifs is 1. The number of carbonyl (C=O) groups is 2. The van der Waals surface area contributed by atoms with Crippen molar-refractivity contribution in [2.24, 2.45) is 0 Å². The number of amides is 2. The summed E-state index contributed by atoms with van der Waals surface area (Å²) in [6.07, 6.45) is 3.84. The van der Waals surface area contributed by atoms with E-state index >= 15 is 0 Å². The van der Waals surface area contributed by atoms with Crippen LogP contribution in [-0.2, 0) is 24.4 Å². The third kappa shape index (κ3) is 5.41. The van der Waals surface area contributed by atoms with Crippen molar-refractivity contribution in [1.29, 1.82) is 0 Å². The first-order valence-corrected chi connectivity index (χ1v) is 11.7. The lowest BCUT2D eigenvalue weighted by atomic mass is 10.0. The number of anilines is 1. The van der Waals surface area contributed by atoms with Gasteiger partial charge in [-0.05, 0) is 29.3 Å². The number of allylic oxidation sites excluding steroid dienone is 3. The van der Waals surface area contributed by atoms with Crippen LogP contribution in [0.5, 0.6) is 0 Å². The summed E-state index contributed by atoms with van der Waals surface area (Å²) in [5.74, 6) is -0.346. The zero-order valence-electron chi connectivity index (χ0n) is 18.7. The Bertz CT molecular complexity index is 1190. The Balaban J connectivity index is 1.49. The Morgan fingerprint density at radius 2 is 1.94 bits per heavy atom. The molecule has 0 bridgehead atoms. The van der Waals surface area contributed by atoms with Crippen molar-refractivity contribution in [1.82, 2.24) is 10.2 Å². The van der Waals surface area contributed by atoms with Gasteiger partial charge in [-0.25, -0.2) is 0 Å². The normalized spacial score (nSPS) is 15.5. The summed E-state index contributed by atoms with van der Waals surface area (Å²) >= 11 is 11.4. The van der Waals surface area contributed by atoms with E-state index in [4.69, 9.17) is 23.8 Å². The van der Waals surface area contributed by atoms with E-state index < -0.39 is 0 Å². The van der Waals surface area contributed by atoms with Crippen molar-refractivity contribution in [3.63, 3.8) is 0 Å². The van der Waals surface area contributed by atoms with Crippen molar-refractivity contribution in [2.75, 3.05) is 5.32 Å². The van der Waals surface area contributed by atoms with Crippen LogP contribution < -0.4 is 10.6 Å². The zero-order chi connectivity index (χ0) is 23.5. The molecule has 1 aliphatic carbocycles. The van der Waals surface area contributed by atoms with E-state index in [2.05, 4.69) is 36.6 Å². The lowest BCUT2D eigenvalue weighted by molar-refractivity contribution is -0.112. The van der Waals surface area contributed by atoms with Crippen LogP contribution in [0.25, 0.3) is 0 Å². The van der Waals surface area contributed by atoms with Gasteiger partial charge >= 0.3 is 0 Å². The predicted octanol–water partition coefficient (Wildman–Crippen LogP) is 5.10. The van der Waals surface area contributed by atoms with Crippen LogP contribution in [0.4, 0.5) is 5.69 Å². The summed E-state index contributed by atoms with van der Waals surface area (Å²) in [6.45, 7) is 5.95. The van der Waals surface area contributed by atoms with Crippen molar-refractivity contribution in [2.45, 2.75) is 45.9 Å². The van der Waals surface area contributed by atoms with Gasteiger partial charge in [0.2, 0.25) is 0 Å². The molecular weight excluding hydrogens is 454 g/mol. The van der Waals surface area contributed by atoms with Crippen LogP contribution >= 0.6 is 23.8 Å². The minimum atomic E-state index is -0.309. The molecule has 0 atom stereocenters. The van der Waals surface area contributed by atoms with Crippen LogP contribution in [0.2, 0.25) is 0 Å².